The predicted octanol–water partition coefficient (Wildman–Crippen LogP) is 4.25. The van der Waals surface area contributed by atoms with Crippen LogP contribution in [0.4, 0.5) is 21.8 Å². The van der Waals surface area contributed by atoms with Crippen molar-refractivity contribution in [3.05, 3.63) is 65.1 Å². The van der Waals surface area contributed by atoms with E-state index < -0.39 is 0 Å². The highest BCUT2D eigenvalue weighted by molar-refractivity contribution is 5.57. The second-order valence-electron chi connectivity index (χ2n) is 6.97. The van der Waals surface area contributed by atoms with Crippen LogP contribution in [-0.4, -0.2) is 30.7 Å². The van der Waals surface area contributed by atoms with Crippen molar-refractivity contribution in [1.29, 1.82) is 0 Å². The first-order valence-electron chi connectivity index (χ1n) is 9.42. The van der Waals surface area contributed by atoms with Gasteiger partial charge in [0.1, 0.15) is 11.6 Å². The van der Waals surface area contributed by atoms with Crippen molar-refractivity contribution < 1.29 is 13.9 Å². The van der Waals surface area contributed by atoms with E-state index in [1.54, 1.807) is 26.4 Å². The number of hydrogen-bond donors (Lipinski definition) is 1. The van der Waals surface area contributed by atoms with Crippen molar-refractivity contribution in [2.75, 3.05) is 31.0 Å². The van der Waals surface area contributed by atoms with Crippen LogP contribution in [-0.2, 0) is 13.0 Å². The van der Waals surface area contributed by atoms with E-state index in [0.717, 1.165) is 36.0 Å². The number of aryl methyl sites for hydroxylation is 1. The van der Waals surface area contributed by atoms with E-state index in [1.165, 1.54) is 23.3 Å². The summed E-state index contributed by atoms with van der Waals surface area (Å²) in [6, 6.07) is 12.3. The lowest BCUT2D eigenvalue weighted by Gasteiger charge is -2.30. The Kier molecular flexibility index (Phi) is 5.20. The molecule has 0 fully saturated rings. The van der Waals surface area contributed by atoms with Gasteiger partial charge >= 0.3 is 0 Å². The highest BCUT2D eigenvalue weighted by Gasteiger charge is 2.21. The summed E-state index contributed by atoms with van der Waals surface area (Å²) in [5.74, 6) is 2.44. The van der Waals surface area contributed by atoms with E-state index in [0.29, 0.717) is 18.2 Å². The molecule has 29 heavy (non-hydrogen) atoms. The average Bonchev–Trinajstić information content (AvgIpc) is 2.71. The van der Waals surface area contributed by atoms with Crippen molar-refractivity contribution in [3.63, 3.8) is 0 Å². The summed E-state index contributed by atoms with van der Waals surface area (Å²) in [6.07, 6.45) is 0.880. The van der Waals surface area contributed by atoms with Gasteiger partial charge in [-0.05, 0) is 54.8 Å². The van der Waals surface area contributed by atoms with Gasteiger partial charge in [-0.3, -0.25) is 0 Å². The minimum absolute atomic E-state index is 0.306. The Bertz CT molecular complexity index is 1040. The predicted molar refractivity (Wildman–Crippen MR) is 111 cm³/mol. The number of nitrogens with one attached hydrogen (secondary N) is 1. The average molecular weight is 394 g/mol. The van der Waals surface area contributed by atoms with Crippen molar-refractivity contribution in [2.45, 2.75) is 19.9 Å². The van der Waals surface area contributed by atoms with Crippen molar-refractivity contribution in [3.8, 4) is 11.5 Å². The van der Waals surface area contributed by atoms with E-state index in [1.807, 2.05) is 25.1 Å². The molecule has 150 valence electrons. The van der Waals surface area contributed by atoms with Crippen LogP contribution in [0.25, 0.3) is 0 Å². The molecule has 2 aromatic carbocycles. The molecule has 1 aromatic heterocycles. The first-order chi connectivity index (χ1) is 14.1. The molecule has 0 spiro atoms. The zero-order valence-corrected chi connectivity index (χ0v) is 16.7. The molecule has 1 N–H and O–H groups in total. The number of rotatable bonds is 5. The second-order valence-corrected chi connectivity index (χ2v) is 6.97. The van der Waals surface area contributed by atoms with E-state index in [4.69, 9.17) is 9.47 Å². The third-order valence-corrected chi connectivity index (χ3v) is 4.96. The summed E-state index contributed by atoms with van der Waals surface area (Å²) >= 11 is 0. The molecule has 6 nitrogen and oxygen atoms in total. The first-order valence-corrected chi connectivity index (χ1v) is 9.42. The Morgan fingerprint density at radius 2 is 1.76 bits per heavy atom. The highest BCUT2D eigenvalue weighted by atomic mass is 19.1. The maximum atomic E-state index is 13.5. The van der Waals surface area contributed by atoms with E-state index in [2.05, 4.69) is 20.2 Å². The fourth-order valence-electron chi connectivity index (χ4n) is 3.54. The van der Waals surface area contributed by atoms with Crippen molar-refractivity contribution >= 4 is 17.5 Å². The zero-order valence-electron chi connectivity index (χ0n) is 16.7. The van der Waals surface area contributed by atoms with Crippen molar-refractivity contribution in [2.24, 2.45) is 0 Å². The first kappa shape index (κ1) is 19.0. The molecule has 0 saturated carbocycles. The molecule has 1 aliphatic rings. The molecule has 0 amide bonds. The molecule has 1 aliphatic heterocycles. The summed E-state index contributed by atoms with van der Waals surface area (Å²) in [5.41, 5.74) is 3.89. The molecule has 0 atom stereocenters. The SMILES string of the molecule is COc1cc2c(cc1OC)CN(c1cc(C)nc(Nc3cccc(F)c3)n1)CC2. The molecule has 7 heteroatoms. The van der Waals surface area contributed by atoms with Crippen LogP contribution in [0, 0.1) is 12.7 Å². The van der Waals surface area contributed by atoms with Crippen LogP contribution in [0.2, 0.25) is 0 Å². The number of hydrogen-bond acceptors (Lipinski definition) is 6. The number of benzene rings is 2. The molecular formula is C22H23FN4O2. The minimum atomic E-state index is -0.306. The standard InChI is InChI=1S/C22H23FN4O2/c1-14-9-21(26-22(24-14)25-18-6-4-5-17(23)12-18)27-8-7-15-10-19(28-2)20(29-3)11-16(15)13-27/h4-6,9-12H,7-8,13H2,1-3H3,(H,24,25,26). The lowest BCUT2D eigenvalue weighted by molar-refractivity contribution is 0.353. The lowest BCUT2D eigenvalue weighted by Crippen LogP contribution is -2.31. The van der Waals surface area contributed by atoms with Crippen LogP contribution >= 0.6 is 0 Å². The maximum absolute atomic E-state index is 13.5. The zero-order chi connectivity index (χ0) is 20.4. The molecular weight excluding hydrogens is 371 g/mol. The van der Waals surface area contributed by atoms with Gasteiger partial charge in [0.2, 0.25) is 5.95 Å². The summed E-state index contributed by atoms with van der Waals surface area (Å²) in [6.45, 7) is 3.47. The Hall–Kier alpha value is -3.35. The van der Waals surface area contributed by atoms with Crippen LogP contribution in [0.3, 0.4) is 0 Å². The highest BCUT2D eigenvalue weighted by Crippen LogP contribution is 2.34. The Balaban J connectivity index is 1.60. The topological polar surface area (TPSA) is 59.5 Å². The van der Waals surface area contributed by atoms with Gasteiger partial charge in [0, 0.05) is 30.5 Å². The molecule has 0 saturated heterocycles. The van der Waals surface area contributed by atoms with Gasteiger partial charge in [0.25, 0.3) is 0 Å². The third kappa shape index (κ3) is 4.08. The largest absolute Gasteiger partial charge is 0.493 e. The maximum Gasteiger partial charge on any atom is 0.229 e. The van der Waals surface area contributed by atoms with Crippen LogP contribution in [0.15, 0.2) is 42.5 Å². The fraction of sp³-hybridized carbons (Fsp3) is 0.273. The Morgan fingerprint density at radius 3 is 2.48 bits per heavy atom. The number of ether oxygens (including phenoxy) is 2. The second kappa shape index (κ2) is 7.95. The molecule has 0 unspecified atom stereocenters. The van der Waals surface area contributed by atoms with Gasteiger partial charge in [-0.15, -0.1) is 0 Å². The Labute approximate surface area is 169 Å². The molecule has 0 radical (unpaired) electrons. The van der Waals surface area contributed by atoms with Gasteiger partial charge in [-0.25, -0.2) is 9.37 Å². The lowest BCUT2D eigenvalue weighted by atomic mass is 9.99. The number of halogens is 1. The van der Waals surface area contributed by atoms with E-state index >= 15 is 0 Å². The normalized spacial score (nSPS) is 13.0. The third-order valence-electron chi connectivity index (χ3n) is 4.96. The van der Waals surface area contributed by atoms with Crippen LogP contribution in [0.1, 0.15) is 16.8 Å². The van der Waals surface area contributed by atoms with Crippen LogP contribution < -0.4 is 19.7 Å². The number of aromatic nitrogens is 2. The molecule has 2 heterocycles. The summed E-state index contributed by atoms with van der Waals surface area (Å²) in [5, 5.41) is 3.09. The van der Waals surface area contributed by atoms with Gasteiger partial charge in [-0.1, -0.05) is 6.07 Å². The quantitative estimate of drug-likeness (QED) is 0.698. The summed E-state index contributed by atoms with van der Waals surface area (Å²) in [7, 11) is 3.29. The number of anilines is 3. The Morgan fingerprint density at radius 1 is 1.00 bits per heavy atom. The van der Waals surface area contributed by atoms with Gasteiger partial charge in [0.15, 0.2) is 11.5 Å². The molecule has 3 aromatic rings. The monoisotopic (exact) mass is 394 g/mol. The number of fused-ring (bicyclic) bond motifs is 1. The molecule has 0 aliphatic carbocycles. The molecule has 4 rings (SSSR count). The molecule has 0 bridgehead atoms. The van der Waals surface area contributed by atoms with E-state index in [9.17, 15) is 4.39 Å². The van der Waals surface area contributed by atoms with Gasteiger partial charge in [-0.2, -0.15) is 4.98 Å². The summed E-state index contributed by atoms with van der Waals surface area (Å²) in [4.78, 5) is 11.3. The number of nitrogens with zero attached hydrogens (tertiary/aromatic N) is 3. The van der Waals surface area contributed by atoms with E-state index in [-0.39, 0.29) is 5.82 Å². The fourth-order valence-corrected chi connectivity index (χ4v) is 3.54. The minimum Gasteiger partial charge on any atom is -0.493 e. The van der Waals surface area contributed by atoms with Gasteiger partial charge < -0.3 is 19.7 Å². The van der Waals surface area contributed by atoms with Crippen LogP contribution in [0.5, 0.6) is 11.5 Å². The van der Waals surface area contributed by atoms with Gasteiger partial charge in [0.05, 0.1) is 14.2 Å². The smallest absolute Gasteiger partial charge is 0.229 e. The van der Waals surface area contributed by atoms with Crippen molar-refractivity contribution in [1.82, 2.24) is 9.97 Å². The summed E-state index contributed by atoms with van der Waals surface area (Å²) < 4.78 is 24.3. The number of methoxy groups -OCH3 is 2.